The van der Waals surface area contributed by atoms with Crippen molar-refractivity contribution in [1.82, 2.24) is 19.9 Å². The fourth-order valence-corrected chi connectivity index (χ4v) is 1.18. The predicted octanol–water partition coefficient (Wildman–Crippen LogP) is 0.150. The summed E-state index contributed by atoms with van der Waals surface area (Å²) in [5, 5.41) is 11.2. The van der Waals surface area contributed by atoms with Crippen LogP contribution >= 0.6 is 0 Å². The summed E-state index contributed by atoms with van der Waals surface area (Å²) in [4.78, 5) is 35.9. The van der Waals surface area contributed by atoms with Crippen molar-refractivity contribution >= 4 is 17.6 Å². The van der Waals surface area contributed by atoms with Gasteiger partial charge in [-0.2, -0.15) is 0 Å². The minimum Gasteiger partial charge on any atom is -0.477 e. The Hall–Kier alpha value is -2.77. The maximum Gasteiger partial charge on any atom is 0.354 e. The van der Waals surface area contributed by atoms with Gasteiger partial charge in [0.05, 0.1) is 24.4 Å². The van der Waals surface area contributed by atoms with Gasteiger partial charge in [0.15, 0.2) is 11.4 Å². The van der Waals surface area contributed by atoms with E-state index in [1.54, 1.807) is 0 Å². The number of nitrogens with zero attached hydrogens (tertiary/aromatic N) is 3. The normalized spacial score (nSPS) is 9.88. The van der Waals surface area contributed by atoms with E-state index in [1.165, 1.54) is 18.7 Å². The van der Waals surface area contributed by atoms with Crippen molar-refractivity contribution < 1.29 is 14.7 Å². The Balaban J connectivity index is 2.21. The molecule has 0 aliphatic heterocycles. The van der Waals surface area contributed by atoms with Crippen molar-refractivity contribution in [2.24, 2.45) is 0 Å². The molecule has 0 unspecified atom stereocenters. The van der Waals surface area contributed by atoms with Crippen LogP contribution in [-0.4, -0.2) is 36.9 Å². The molecular weight excluding hydrogens is 226 g/mol. The van der Waals surface area contributed by atoms with Gasteiger partial charge >= 0.3 is 5.97 Å². The number of imidazole rings is 1. The number of hydrogen-bond acceptors (Lipinski definition) is 5. The molecule has 0 aliphatic carbocycles. The highest BCUT2D eigenvalue weighted by atomic mass is 16.4. The Morgan fingerprint density at radius 1 is 1.29 bits per heavy atom. The third-order valence-electron chi connectivity index (χ3n) is 1.89. The smallest absolute Gasteiger partial charge is 0.354 e. The number of aromatic amines is 1. The summed E-state index contributed by atoms with van der Waals surface area (Å²) < 4.78 is 0. The largest absolute Gasteiger partial charge is 0.477 e. The molecule has 0 saturated heterocycles. The lowest BCUT2D eigenvalue weighted by Gasteiger charge is -2.01. The van der Waals surface area contributed by atoms with Gasteiger partial charge < -0.3 is 15.4 Å². The van der Waals surface area contributed by atoms with E-state index in [9.17, 15) is 9.59 Å². The zero-order valence-electron chi connectivity index (χ0n) is 8.41. The first-order valence-corrected chi connectivity index (χ1v) is 4.51. The zero-order chi connectivity index (χ0) is 12.3. The second-order valence-electron chi connectivity index (χ2n) is 3.01. The first-order valence-electron chi connectivity index (χ1n) is 4.51. The summed E-state index contributed by atoms with van der Waals surface area (Å²) in [5.41, 5.74) is -0.0995. The van der Waals surface area contributed by atoms with Gasteiger partial charge in [-0.1, -0.05) is 0 Å². The van der Waals surface area contributed by atoms with Crippen LogP contribution in [0, 0.1) is 0 Å². The summed E-state index contributed by atoms with van der Waals surface area (Å²) >= 11 is 0. The number of hydrogen-bond donors (Lipinski definition) is 3. The lowest BCUT2D eigenvalue weighted by molar-refractivity contribution is 0.0686. The fraction of sp³-hybridized carbons (Fsp3) is 0. The number of carboxylic acids is 1. The molecule has 0 bridgehead atoms. The van der Waals surface area contributed by atoms with Crippen molar-refractivity contribution in [1.29, 1.82) is 0 Å². The van der Waals surface area contributed by atoms with Gasteiger partial charge in [0.2, 0.25) is 0 Å². The summed E-state index contributed by atoms with van der Waals surface area (Å²) in [6.45, 7) is 0. The molecule has 8 heteroatoms. The van der Waals surface area contributed by atoms with Crippen molar-refractivity contribution in [3.05, 3.63) is 36.4 Å². The molecule has 0 aliphatic rings. The number of aromatic carboxylic acids is 1. The number of carbonyl (C=O) groups excluding carboxylic acids is 1. The molecule has 0 spiro atoms. The van der Waals surface area contributed by atoms with E-state index < -0.39 is 11.9 Å². The van der Waals surface area contributed by atoms with E-state index >= 15 is 0 Å². The molecule has 86 valence electrons. The molecule has 2 heterocycles. The number of anilines is 1. The van der Waals surface area contributed by atoms with Gasteiger partial charge in [-0.15, -0.1) is 0 Å². The molecule has 8 nitrogen and oxygen atoms in total. The Kier molecular flexibility index (Phi) is 2.77. The number of carboxylic acid groups (broad SMARTS) is 1. The molecular formula is C9H7N5O3. The van der Waals surface area contributed by atoms with Crippen LogP contribution in [0.15, 0.2) is 25.0 Å². The van der Waals surface area contributed by atoms with Crippen molar-refractivity contribution in [2.45, 2.75) is 0 Å². The van der Waals surface area contributed by atoms with Gasteiger partial charge in [-0.3, -0.25) is 4.79 Å². The molecule has 0 aromatic carbocycles. The lowest BCUT2D eigenvalue weighted by Crippen LogP contribution is -2.16. The molecule has 3 N–H and O–H groups in total. The maximum absolute atomic E-state index is 11.7. The van der Waals surface area contributed by atoms with Gasteiger partial charge in [0.1, 0.15) is 6.33 Å². The van der Waals surface area contributed by atoms with Gasteiger partial charge in [0, 0.05) is 0 Å². The summed E-state index contributed by atoms with van der Waals surface area (Å²) in [7, 11) is 0. The Morgan fingerprint density at radius 3 is 2.65 bits per heavy atom. The Bertz CT molecular complexity index is 551. The number of H-pyrrole nitrogens is 1. The highest BCUT2D eigenvalue weighted by molar-refractivity contribution is 6.08. The van der Waals surface area contributed by atoms with Crippen LogP contribution in [0.3, 0.4) is 0 Å². The zero-order valence-corrected chi connectivity index (χ0v) is 8.41. The van der Waals surface area contributed by atoms with Crippen LogP contribution in [0.25, 0.3) is 0 Å². The number of nitrogens with one attached hydrogen (secondary N) is 2. The van der Waals surface area contributed by atoms with E-state index in [0.717, 1.165) is 6.33 Å². The van der Waals surface area contributed by atoms with Crippen molar-refractivity contribution in [2.75, 3.05) is 5.32 Å². The number of aromatic nitrogens is 4. The quantitative estimate of drug-likeness (QED) is 0.693. The molecule has 1 amide bonds. The highest BCUT2D eigenvalue weighted by Gasteiger charge is 2.19. The van der Waals surface area contributed by atoms with Gasteiger partial charge in [-0.25, -0.2) is 19.7 Å². The highest BCUT2D eigenvalue weighted by Crippen LogP contribution is 2.07. The van der Waals surface area contributed by atoms with Crippen LogP contribution in [-0.2, 0) is 0 Å². The predicted molar refractivity (Wildman–Crippen MR) is 55.5 cm³/mol. The van der Waals surface area contributed by atoms with Crippen LogP contribution < -0.4 is 5.32 Å². The summed E-state index contributed by atoms with van der Waals surface area (Å²) in [5.74, 6) is -1.89. The Labute approximate surface area is 94.8 Å². The molecule has 0 fully saturated rings. The average molecular weight is 233 g/mol. The van der Waals surface area contributed by atoms with Gasteiger partial charge in [0.25, 0.3) is 5.91 Å². The first-order chi connectivity index (χ1) is 8.18. The van der Waals surface area contributed by atoms with E-state index in [0.29, 0.717) is 5.69 Å². The number of carbonyl (C=O) groups is 2. The van der Waals surface area contributed by atoms with Crippen molar-refractivity contribution in [3.63, 3.8) is 0 Å². The average Bonchev–Trinajstić information content (AvgIpc) is 2.79. The SMILES string of the molecule is O=C(Nc1cncnc1)c1nc[nH]c1C(=O)O. The topological polar surface area (TPSA) is 121 Å². The van der Waals surface area contributed by atoms with Crippen LogP contribution in [0.2, 0.25) is 0 Å². The first kappa shape index (κ1) is 10.7. The van der Waals surface area contributed by atoms with Crippen LogP contribution in [0.1, 0.15) is 21.0 Å². The van der Waals surface area contributed by atoms with Crippen molar-refractivity contribution in [3.8, 4) is 0 Å². The molecule has 0 radical (unpaired) electrons. The minimum absolute atomic E-state index is 0.193. The van der Waals surface area contributed by atoms with E-state index in [4.69, 9.17) is 5.11 Å². The third-order valence-corrected chi connectivity index (χ3v) is 1.89. The standard InChI is InChI=1S/C9H7N5O3/c15-8(14-5-1-10-3-11-2-5)6-7(9(16)17)13-4-12-6/h1-4H,(H,12,13)(H,14,15)(H,16,17). The molecule has 2 aromatic rings. The van der Waals surface area contributed by atoms with Gasteiger partial charge in [-0.05, 0) is 0 Å². The second kappa shape index (κ2) is 4.39. The van der Waals surface area contributed by atoms with E-state index in [-0.39, 0.29) is 11.4 Å². The van der Waals surface area contributed by atoms with Crippen LogP contribution in [0.4, 0.5) is 5.69 Å². The molecule has 17 heavy (non-hydrogen) atoms. The fourth-order valence-electron chi connectivity index (χ4n) is 1.18. The molecule has 0 saturated carbocycles. The molecule has 0 atom stereocenters. The number of rotatable bonds is 3. The molecule has 2 aromatic heterocycles. The summed E-state index contributed by atoms with van der Waals surface area (Å²) in [6.07, 6.45) is 5.22. The third kappa shape index (κ3) is 2.25. The van der Waals surface area contributed by atoms with E-state index in [1.807, 2.05) is 0 Å². The second-order valence-corrected chi connectivity index (χ2v) is 3.01. The van der Waals surface area contributed by atoms with E-state index in [2.05, 4.69) is 25.3 Å². The van der Waals surface area contributed by atoms with Crippen LogP contribution in [0.5, 0.6) is 0 Å². The molecule has 2 rings (SSSR count). The number of amides is 1. The minimum atomic E-state index is -1.25. The Morgan fingerprint density at radius 2 is 2.00 bits per heavy atom. The monoisotopic (exact) mass is 233 g/mol. The lowest BCUT2D eigenvalue weighted by atomic mass is 10.3. The maximum atomic E-state index is 11.7. The summed E-state index contributed by atoms with van der Waals surface area (Å²) in [6, 6.07) is 0.